The molecule has 0 amide bonds. The number of aliphatic hydroxyl groups excluding tert-OH is 3. The Morgan fingerprint density at radius 3 is 1.83 bits per heavy atom. The van der Waals surface area contributed by atoms with E-state index in [1.165, 1.54) is 83.5 Å². The Hall–Kier alpha value is -1.77. The van der Waals surface area contributed by atoms with Gasteiger partial charge in [-0.3, -0.25) is 14.4 Å². The van der Waals surface area contributed by atoms with Gasteiger partial charge in [0.05, 0.1) is 18.8 Å². The van der Waals surface area contributed by atoms with Crippen LogP contribution in [0.25, 0.3) is 0 Å². The van der Waals surface area contributed by atoms with E-state index in [-0.39, 0.29) is 55.6 Å². The molecule has 0 radical (unpaired) electrons. The monoisotopic (exact) mass is 737 g/mol. The van der Waals surface area contributed by atoms with Gasteiger partial charge in [0.25, 0.3) is 0 Å². The van der Waals surface area contributed by atoms with E-state index in [1.54, 1.807) is 12.2 Å². The minimum Gasteiger partial charge on any atom is -0.462 e. The number of ketones is 1. The molecule has 0 heterocycles. The quantitative estimate of drug-likeness (QED) is 0.0333. The molecule has 0 aromatic heterocycles. The molecule has 0 spiro atoms. The van der Waals surface area contributed by atoms with Gasteiger partial charge in [0, 0.05) is 25.2 Å². The third-order valence-electron chi connectivity index (χ3n) is 11.0. The van der Waals surface area contributed by atoms with Gasteiger partial charge in [-0.1, -0.05) is 168 Å². The highest BCUT2D eigenvalue weighted by atomic mass is 16.6. The summed E-state index contributed by atoms with van der Waals surface area (Å²) in [5.74, 6) is -0.291. The van der Waals surface area contributed by atoms with Crippen molar-refractivity contribution in [1.82, 2.24) is 0 Å². The zero-order chi connectivity index (χ0) is 38.2. The topological polar surface area (TPSA) is 130 Å². The predicted molar refractivity (Wildman–Crippen MR) is 211 cm³/mol. The van der Waals surface area contributed by atoms with Gasteiger partial charge in [-0.05, 0) is 37.5 Å². The molecule has 0 saturated heterocycles. The lowest BCUT2D eigenvalue weighted by atomic mass is 9.88. The van der Waals surface area contributed by atoms with E-state index in [2.05, 4.69) is 20.8 Å². The second-order valence-corrected chi connectivity index (χ2v) is 15.8. The first-order valence-electron chi connectivity index (χ1n) is 21.7. The first-order valence-corrected chi connectivity index (χ1v) is 21.7. The van der Waals surface area contributed by atoms with Crippen molar-refractivity contribution in [2.45, 2.75) is 219 Å². The Morgan fingerprint density at radius 2 is 1.27 bits per heavy atom. The minimum absolute atomic E-state index is 0.0364. The molecule has 0 aromatic rings. The van der Waals surface area contributed by atoms with E-state index in [0.29, 0.717) is 19.3 Å². The van der Waals surface area contributed by atoms with Crippen LogP contribution >= 0.6 is 0 Å². The van der Waals surface area contributed by atoms with Crippen LogP contribution in [0.4, 0.5) is 0 Å². The number of carbonyl (C=O) groups is 3. The third-order valence-corrected chi connectivity index (χ3v) is 11.0. The molecule has 0 bridgehead atoms. The molecule has 0 aliphatic heterocycles. The van der Waals surface area contributed by atoms with Crippen LogP contribution in [0.15, 0.2) is 12.2 Å². The second-order valence-electron chi connectivity index (χ2n) is 15.8. The number of allylic oxidation sites excluding steroid dienone is 1. The van der Waals surface area contributed by atoms with Gasteiger partial charge in [0.1, 0.15) is 12.4 Å². The Balaban J connectivity index is 2.03. The fraction of sp³-hybridized carbons (Fsp3) is 0.886. The highest BCUT2D eigenvalue weighted by Crippen LogP contribution is 2.34. The summed E-state index contributed by atoms with van der Waals surface area (Å²) < 4.78 is 10.6. The molecule has 8 nitrogen and oxygen atoms in total. The fourth-order valence-corrected chi connectivity index (χ4v) is 7.26. The molecule has 3 N–H and O–H groups in total. The smallest absolute Gasteiger partial charge is 0.306 e. The fourth-order valence-electron chi connectivity index (χ4n) is 7.26. The van der Waals surface area contributed by atoms with Gasteiger partial charge >= 0.3 is 11.9 Å². The van der Waals surface area contributed by atoms with E-state index >= 15 is 0 Å². The molecule has 304 valence electrons. The van der Waals surface area contributed by atoms with E-state index < -0.39 is 18.3 Å². The first kappa shape index (κ1) is 48.2. The molecule has 1 unspecified atom stereocenters. The number of aliphatic hydroxyl groups is 3. The first-order chi connectivity index (χ1) is 25.2. The molecule has 8 heteroatoms. The number of unbranched alkanes of at least 4 members (excludes halogenated alkanes) is 18. The maximum Gasteiger partial charge on any atom is 0.306 e. The van der Waals surface area contributed by atoms with Gasteiger partial charge in [-0.2, -0.15) is 0 Å². The maximum atomic E-state index is 12.4. The van der Waals surface area contributed by atoms with Crippen LogP contribution in [0.1, 0.15) is 201 Å². The van der Waals surface area contributed by atoms with Crippen LogP contribution in [0.5, 0.6) is 0 Å². The summed E-state index contributed by atoms with van der Waals surface area (Å²) in [7, 11) is 0. The predicted octanol–water partition coefficient (Wildman–Crippen LogP) is 10.1. The summed E-state index contributed by atoms with van der Waals surface area (Å²) in [5, 5.41) is 30.3. The van der Waals surface area contributed by atoms with Crippen LogP contribution in [0, 0.1) is 17.8 Å². The molecule has 6 atom stereocenters. The lowest BCUT2D eigenvalue weighted by Crippen LogP contribution is -2.28. The molecular formula is C44H80O8. The number of hydrogen-bond acceptors (Lipinski definition) is 8. The Kier molecular flexibility index (Phi) is 30.3. The maximum absolute atomic E-state index is 12.4. The van der Waals surface area contributed by atoms with Crippen molar-refractivity contribution < 1.29 is 39.2 Å². The number of hydrogen-bond donors (Lipinski definition) is 3. The van der Waals surface area contributed by atoms with Crippen molar-refractivity contribution >= 4 is 17.7 Å². The molecule has 1 aliphatic carbocycles. The van der Waals surface area contributed by atoms with Crippen LogP contribution in [-0.2, 0) is 23.9 Å². The highest BCUT2D eigenvalue weighted by molar-refractivity contribution is 5.86. The van der Waals surface area contributed by atoms with Gasteiger partial charge in [0.2, 0.25) is 0 Å². The van der Waals surface area contributed by atoms with Gasteiger partial charge in [-0.25, -0.2) is 0 Å². The summed E-state index contributed by atoms with van der Waals surface area (Å²) >= 11 is 0. The summed E-state index contributed by atoms with van der Waals surface area (Å²) in [6.45, 7) is 6.23. The van der Waals surface area contributed by atoms with Gasteiger partial charge < -0.3 is 24.8 Å². The number of rotatable bonds is 35. The molecule has 1 aliphatic rings. The van der Waals surface area contributed by atoms with Crippen LogP contribution < -0.4 is 0 Å². The van der Waals surface area contributed by atoms with Gasteiger partial charge in [-0.15, -0.1) is 0 Å². The average molecular weight is 737 g/mol. The number of carbonyl (C=O) groups excluding carboxylic acids is 3. The van der Waals surface area contributed by atoms with E-state index in [9.17, 15) is 29.7 Å². The Morgan fingerprint density at radius 1 is 0.750 bits per heavy atom. The van der Waals surface area contributed by atoms with Crippen LogP contribution in [-0.4, -0.2) is 64.6 Å². The lowest BCUT2D eigenvalue weighted by molar-refractivity contribution is -0.161. The molecule has 1 rings (SSSR count). The average Bonchev–Trinajstić information content (AvgIpc) is 3.40. The number of ether oxygens (including phenoxy) is 2. The van der Waals surface area contributed by atoms with Crippen molar-refractivity contribution in [2.24, 2.45) is 17.8 Å². The largest absolute Gasteiger partial charge is 0.462 e. The molecular weight excluding hydrogens is 656 g/mol. The molecule has 1 fully saturated rings. The normalized spacial score (nSPS) is 19.3. The third kappa shape index (κ3) is 25.3. The SMILES string of the molecule is CCCCC[C@H](O)/C=C/[C@H]1C(=O)C[C@H](O)[C@@H]1CCCCCCC(=O)OC[C@H](CO)OC(=O)CCCCCCCCCCCCCCCCC(C)CC. The molecule has 0 aromatic carbocycles. The van der Waals surface area contributed by atoms with Crippen molar-refractivity contribution in [2.75, 3.05) is 13.2 Å². The minimum atomic E-state index is -0.842. The number of Topliss-reactive ketones (excluding diaryl/α,β-unsaturated/α-hetero) is 1. The molecule has 1 saturated carbocycles. The van der Waals surface area contributed by atoms with Crippen molar-refractivity contribution in [1.29, 1.82) is 0 Å². The zero-order valence-electron chi connectivity index (χ0n) is 33.7. The highest BCUT2D eigenvalue weighted by Gasteiger charge is 2.39. The lowest BCUT2D eigenvalue weighted by Gasteiger charge is -2.19. The number of esters is 2. The van der Waals surface area contributed by atoms with Crippen molar-refractivity contribution in [3.05, 3.63) is 12.2 Å². The summed E-state index contributed by atoms with van der Waals surface area (Å²) in [6.07, 6.45) is 30.3. The summed E-state index contributed by atoms with van der Waals surface area (Å²) in [5.41, 5.74) is 0. The van der Waals surface area contributed by atoms with Crippen LogP contribution in [0.3, 0.4) is 0 Å². The van der Waals surface area contributed by atoms with Crippen LogP contribution in [0.2, 0.25) is 0 Å². The Labute approximate surface area is 318 Å². The Bertz CT molecular complexity index is 920. The van der Waals surface area contributed by atoms with Gasteiger partial charge in [0.15, 0.2) is 6.10 Å². The summed E-state index contributed by atoms with van der Waals surface area (Å²) in [4.78, 5) is 36.9. The van der Waals surface area contributed by atoms with E-state index in [0.717, 1.165) is 70.1 Å². The van der Waals surface area contributed by atoms with E-state index in [1.807, 2.05) is 0 Å². The zero-order valence-corrected chi connectivity index (χ0v) is 33.7. The van der Waals surface area contributed by atoms with Crippen molar-refractivity contribution in [3.8, 4) is 0 Å². The van der Waals surface area contributed by atoms with Crippen molar-refractivity contribution in [3.63, 3.8) is 0 Å². The second kappa shape index (κ2) is 32.6. The molecule has 52 heavy (non-hydrogen) atoms. The van der Waals surface area contributed by atoms with E-state index in [4.69, 9.17) is 9.47 Å². The standard InChI is InChI=1S/C44H80O8/c1-4-6-21-27-37(46)31-32-40-39(41(47)33-42(40)48)28-23-19-20-24-29-43(49)51-35-38(34-45)52-44(50)30-25-18-16-14-12-10-8-7-9-11-13-15-17-22-26-36(3)5-2/h31-32,36-41,45-47H,4-30,33-35H2,1-3H3/b32-31+/t36?,37-,38-,39+,40+,41-/m0/s1. The summed E-state index contributed by atoms with van der Waals surface area (Å²) in [6, 6.07) is 0.